The molecule has 2 rings (SSSR count). The fraction of sp³-hybridized carbons (Fsp3) is 0.125. The number of benzene rings is 2. The molecule has 2 aromatic rings. The monoisotopic (exact) mass is 329 g/mol. The van der Waals surface area contributed by atoms with Crippen LogP contribution in [0.15, 0.2) is 53.4 Å². The molecule has 0 saturated carbocycles. The Morgan fingerprint density at radius 1 is 1.13 bits per heavy atom. The third kappa shape index (κ3) is 3.56. The van der Waals surface area contributed by atoms with E-state index in [0.717, 1.165) is 4.31 Å². The van der Waals surface area contributed by atoms with Crippen molar-refractivity contribution in [3.05, 3.63) is 59.7 Å². The molecule has 0 spiro atoms. The number of nitriles is 1. The van der Waals surface area contributed by atoms with Crippen LogP contribution in [0.5, 0.6) is 0 Å². The van der Waals surface area contributed by atoms with Gasteiger partial charge in [0.2, 0.25) is 10.0 Å². The van der Waals surface area contributed by atoms with Gasteiger partial charge in [-0.2, -0.15) is 5.26 Å². The van der Waals surface area contributed by atoms with Crippen molar-refractivity contribution in [1.29, 1.82) is 5.26 Å². The Kier molecular flexibility index (Phi) is 4.79. The number of hydrogen-bond donors (Lipinski definition) is 1. The van der Waals surface area contributed by atoms with Gasteiger partial charge in [0.15, 0.2) is 0 Å². The molecular weight excluding hydrogens is 314 g/mol. The second kappa shape index (κ2) is 6.60. The standard InChI is InChI=1S/C16H15N3O3S/c1-19(2)23(21,22)14-8-5-7-12(10-14)16(20)18-15-9-4-3-6-13(15)11-17/h3-10H,1-2H3,(H,18,20). The third-order valence-electron chi connectivity index (χ3n) is 3.17. The number of hydrogen-bond acceptors (Lipinski definition) is 4. The van der Waals surface area contributed by atoms with Crippen LogP contribution in [0.1, 0.15) is 15.9 Å². The van der Waals surface area contributed by atoms with E-state index in [2.05, 4.69) is 5.32 Å². The largest absolute Gasteiger partial charge is 0.321 e. The van der Waals surface area contributed by atoms with E-state index in [9.17, 15) is 13.2 Å². The van der Waals surface area contributed by atoms with E-state index in [1.165, 1.54) is 38.4 Å². The van der Waals surface area contributed by atoms with Crippen molar-refractivity contribution >= 4 is 21.6 Å². The summed E-state index contributed by atoms with van der Waals surface area (Å²) < 4.78 is 25.3. The summed E-state index contributed by atoms with van der Waals surface area (Å²) in [6.07, 6.45) is 0. The Hall–Kier alpha value is -2.69. The topological polar surface area (TPSA) is 90.3 Å². The lowest BCUT2D eigenvalue weighted by Crippen LogP contribution is -2.22. The van der Waals surface area contributed by atoms with Crippen molar-refractivity contribution in [2.24, 2.45) is 0 Å². The van der Waals surface area contributed by atoms with Crippen LogP contribution in [0, 0.1) is 11.3 Å². The number of carbonyl (C=O) groups excluding carboxylic acids is 1. The van der Waals surface area contributed by atoms with Crippen LogP contribution in [-0.4, -0.2) is 32.7 Å². The summed E-state index contributed by atoms with van der Waals surface area (Å²) in [5.74, 6) is -0.483. The number of amides is 1. The van der Waals surface area contributed by atoms with Crippen molar-refractivity contribution in [1.82, 2.24) is 4.31 Å². The molecule has 0 aliphatic heterocycles. The van der Waals surface area contributed by atoms with Crippen molar-refractivity contribution in [3.63, 3.8) is 0 Å². The van der Waals surface area contributed by atoms with Gasteiger partial charge in [0, 0.05) is 19.7 Å². The fourth-order valence-electron chi connectivity index (χ4n) is 1.89. The first-order chi connectivity index (χ1) is 10.9. The lowest BCUT2D eigenvalue weighted by Gasteiger charge is -2.12. The minimum Gasteiger partial charge on any atom is -0.321 e. The molecular formula is C16H15N3O3S. The Balaban J connectivity index is 2.33. The summed E-state index contributed by atoms with van der Waals surface area (Å²) in [5, 5.41) is 11.6. The molecule has 1 N–H and O–H groups in total. The SMILES string of the molecule is CN(C)S(=O)(=O)c1cccc(C(=O)Nc2ccccc2C#N)c1. The molecule has 0 heterocycles. The predicted octanol–water partition coefficient (Wildman–Crippen LogP) is 2.06. The van der Waals surface area contributed by atoms with Crippen molar-refractivity contribution < 1.29 is 13.2 Å². The number of rotatable bonds is 4. The molecule has 0 radical (unpaired) electrons. The highest BCUT2D eigenvalue weighted by Gasteiger charge is 2.19. The maximum Gasteiger partial charge on any atom is 0.255 e. The Bertz CT molecular complexity index is 883. The molecule has 0 fully saturated rings. The van der Waals surface area contributed by atoms with Crippen molar-refractivity contribution in [2.75, 3.05) is 19.4 Å². The highest BCUT2D eigenvalue weighted by molar-refractivity contribution is 7.89. The van der Waals surface area contributed by atoms with Gasteiger partial charge >= 0.3 is 0 Å². The van der Waals surface area contributed by atoms with Gasteiger partial charge in [-0.15, -0.1) is 0 Å². The average molecular weight is 329 g/mol. The summed E-state index contributed by atoms with van der Waals surface area (Å²) in [4.78, 5) is 12.3. The quantitative estimate of drug-likeness (QED) is 0.929. The molecule has 0 aromatic heterocycles. The van der Waals surface area contributed by atoms with Gasteiger partial charge in [-0.05, 0) is 30.3 Å². The Morgan fingerprint density at radius 3 is 2.48 bits per heavy atom. The third-order valence-corrected chi connectivity index (χ3v) is 4.98. The van der Waals surface area contributed by atoms with Crippen LogP contribution < -0.4 is 5.32 Å². The summed E-state index contributed by atoms with van der Waals surface area (Å²) in [6, 6.07) is 14.3. The van der Waals surface area contributed by atoms with Crippen LogP contribution in [0.25, 0.3) is 0 Å². The highest BCUT2D eigenvalue weighted by atomic mass is 32.2. The van der Waals surface area contributed by atoms with Crippen LogP contribution in [0.3, 0.4) is 0 Å². The number of para-hydroxylation sites is 1. The van der Waals surface area contributed by atoms with Crippen molar-refractivity contribution in [2.45, 2.75) is 4.90 Å². The molecule has 118 valence electrons. The van der Waals surface area contributed by atoms with Crippen molar-refractivity contribution in [3.8, 4) is 6.07 Å². The van der Waals surface area contributed by atoms with Gasteiger partial charge < -0.3 is 5.32 Å². The van der Waals surface area contributed by atoms with Gasteiger partial charge in [0.05, 0.1) is 16.1 Å². The molecule has 1 amide bonds. The lowest BCUT2D eigenvalue weighted by atomic mass is 10.1. The zero-order valence-electron chi connectivity index (χ0n) is 12.6. The van der Waals surface area contributed by atoms with Crippen LogP contribution >= 0.6 is 0 Å². The highest BCUT2D eigenvalue weighted by Crippen LogP contribution is 2.18. The van der Waals surface area contributed by atoms with Crippen LogP contribution in [0.2, 0.25) is 0 Å². The van der Waals surface area contributed by atoms with E-state index in [1.54, 1.807) is 24.3 Å². The molecule has 7 heteroatoms. The van der Waals surface area contributed by atoms with E-state index >= 15 is 0 Å². The second-order valence-corrected chi connectivity index (χ2v) is 7.08. The smallest absolute Gasteiger partial charge is 0.255 e. The molecule has 2 aromatic carbocycles. The normalized spacial score (nSPS) is 11.0. The predicted molar refractivity (Wildman–Crippen MR) is 86.4 cm³/mol. The second-order valence-electron chi connectivity index (χ2n) is 4.93. The Morgan fingerprint density at radius 2 is 1.83 bits per heavy atom. The van der Waals surface area contributed by atoms with E-state index in [0.29, 0.717) is 11.3 Å². The zero-order chi connectivity index (χ0) is 17.0. The fourth-order valence-corrected chi connectivity index (χ4v) is 2.84. The van der Waals surface area contributed by atoms with E-state index in [1.807, 2.05) is 6.07 Å². The molecule has 0 aliphatic rings. The molecule has 0 aliphatic carbocycles. The molecule has 0 unspecified atom stereocenters. The maximum atomic E-state index is 12.3. The summed E-state index contributed by atoms with van der Waals surface area (Å²) >= 11 is 0. The first-order valence-corrected chi connectivity index (χ1v) is 8.13. The average Bonchev–Trinajstić information content (AvgIpc) is 2.55. The summed E-state index contributed by atoms with van der Waals surface area (Å²) in [7, 11) is -0.774. The lowest BCUT2D eigenvalue weighted by molar-refractivity contribution is 0.102. The first kappa shape index (κ1) is 16.7. The first-order valence-electron chi connectivity index (χ1n) is 6.69. The number of nitrogens with zero attached hydrogens (tertiary/aromatic N) is 2. The van der Waals surface area contributed by atoms with Gasteiger partial charge in [0.25, 0.3) is 5.91 Å². The van der Waals surface area contributed by atoms with E-state index in [4.69, 9.17) is 5.26 Å². The molecule has 0 atom stereocenters. The minimum absolute atomic E-state index is 0.0312. The molecule has 23 heavy (non-hydrogen) atoms. The summed E-state index contributed by atoms with van der Waals surface area (Å²) in [5.41, 5.74) is 0.902. The van der Waals surface area contributed by atoms with E-state index < -0.39 is 15.9 Å². The van der Waals surface area contributed by atoms with Gasteiger partial charge in [-0.1, -0.05) is 18.2 Å². The van der Waals surface area contributed by atoms with Gasteiger partial charge in [0.1, 0.15) is 6.07 Å². The van der Waals surface area contributed by atoms with Gasteiger partial charge in [-0.3, -0.25) is 4.79 Å². The van der Waals surface area contributed by atoms with Crippen LogP contribution in [-0.2, 0) is 10.0 Å². The number of anilines is 1. The van der Waals surface area contributed by atoms with Gasteiger partial charge in [-0.25, -0.2) is 12.7 Å². The summed E-state index contributed by atoms with van der Waals surface area (Å²) in [6.45, 7) is 0. The number of carbonyl (C=O) groups is 1. The molecule has 6 nitrogen and oxygen atoms in total. The van der Waals surface area contributed by atoms with E-state index in [-0.39, 0.29) is 10.5 Å². The molecule has 0 bridgehead atoms. The van der Waals surface area contributed by atoms with Crippen LogP contribution in [0.4, 0.5) is 5.69 Å². The minimum atomic E-state index is -3.62. The number of sulfonamides is 1. The number of nitrogens with one attached hydrogen (secondary N) is 1. The molecule has 0 saturated heterocycles. The maximum absolute atomic E-state index is 12.3. The Labute approximate surface area is 135 Å². The zero-order valence-corrected chi connectivity index (χ0v) is 13.5.